The molecule has 0 unspecified atom stereocenters. The van der Waals surface area contributed by atoms with Crippen LogP contribution in [0.1, 0.15) is 137 Å². The summed E-state index contributed by atoms with van der Waals surface area (Å²) in [5.41, 5.74) is 18.6. The third-order valence-corrected chi connectivity index (χ3v) is 16.9. The molecule has 0 saturated carbocycles. The minimum atomic E-state index is -1.37. The maximum Gasteiger partial charge on any atom is 0.326 e. The maximum atomic E-state index is 14.6. The molecule has 34 nitrogen and oxygen atoms in total. The van der Waals surface area contributed by atoms with Gasteiger partial charge in [0.2, 0.25) is 70.9 Å². The van der Waals surface area contributed by atoms with Gasteiger partial charge in [-0.1, -0.05) is 116 Å². The van der Waals surface area contributed by atoms with Crippen molar-refractivity contribution in [2.24, 2.45) is 45.9 Å². The SMILES string of the molecule is CSCC[C@H](NC(=O)CNC(=O)[C@H](Cc1cnc[nH]1)NC(=O)[C@H](CC(C)C)NC(=O)[C@H](CC(C)C)NC(=O)[C@H](CC(C)C)NC(=O)[C@H](CC(C)C)NC(=O)[C@H](Cc1ccccc1)NC(=O)CNC(=O)[C@H](C)NC(=O)[C@H](CCCN=C(N)N)NC(=O)[C@H](Cc1ccccc1)NC(=O)[C@@H](N)CCC(=O)O)C(=O)O. The predicted octanol–water partition coefficient (Wildman–Crippen LogP) is -1.19. The summed E-state index contributed by atoms with van der Waals surface area (Å²) in [4.78, 5) is 202. The van der Waals surface area contributed by atoms with E-state index in [2.05, 4.69) is 78.8 Å². The Morgan fingerprint density at radius 3 is 1.25 bits per heavy atom. The van der Waals surface area contributed by atoms with E-state index in [1.165, 1.54) is 31.2 Å². The number of hydrogen-bond acceptors (Lipinski definition) is 18. The highest BCUT2D eigenvalue weighted by molar-refractivity contribution is 7.98. The van der Waals surface area contributed by atoms with E-state index in [0.717, 1.165) is 0 Å². The van der Waals surface area contributed by atoms with Crippen LogP contribution in [0, 0.1) is 23.7 Å². The number of H-pyrrole nitrogens is 1. The van der Waals surface area contributed by atoms with Gasteiger partial charge in [0.15, 0.2) is 5.96 Å². The molecule has 0 bridgehead atoms. The number of rotatable bonds is 49. The smallest absolute Gasteiger partial charge is 0.326 e. The Morgan fingerprint density at radius 2 is 0.849 bits per heavy atom. The lowest BCUT2D eigenvalue weighted by Crippen LogP contribution is -2.60. The Morgan fingerprint density at radius 1 is 0.462 bits per heavy atom. The average Bonchev–Trinajstić information content (AvgIpc) is 1.04. The lowest BCUT2D eigenvalue weighted by Gasteiger charge is -2.29. The standard InChI is InChI=1S/C71H110N18O16S/c1-39(2)28-50(64(98)85-51(29-40(3)4)65(99)87-53(31-42(7)8)67(101)89-56(34-46-35-75-38-79-46)62(96)78-37-57(90)81-49(70(104)105)25-27-106-10)86-66(100)52(30-41(5)6)88-68(102)54(32-44-18-13-11-14-19-44)82-58(91)36-77-60(94)43(9)80-63(97)48(22-17-26-76-71(73)74)83-69(103)55(33-45-20-15-12-16-21-45)84-61(95)47(72)23-24-59(92)93/h11-16,18-21,35,38-43,47-56H,17,22-34,36-37,72H2,1-10H3,(H,75,79)(H,77,94)(H,78,96)(H,80,97)(H,81,90)(H,82,91)(H,83,103)(H,84,95)(H,85,98)(H,86,100)(H,87,99)(H,88,102)(H,89,101)(H,92,93)(H,104,105)(H4,73,74,76)/t43-,47-,48-,49-,50-,51-,52-,53-,54-,55-,56-/m0/s1. The Bertz CT molecular complexity index is 3400. The predicted molar refractivity (Wildman–Crippen MR) is 397 cm³/mol. The Kier molecular flexibility index (Phi) is 40.2. The molecule has 1 heterocycles. The van der Waals surface area contributed by atoms with Crippen LogP contribution in [0.25, 0.3) is 0 Å². The largest absolute Gasteiger partial charge is 0.481 e. The van der Waals surface area contributed by atoms with Crippen LogP contribution in [-0.4, -0.2) is 207 Å². The van der Waals surface area contributed by atoms with Gasteiger partial charge in [-0.05, 0) is 105 Å². The molecule has 0 spiro atoms. The summed E-state index contributed by atoms with van der Waals surface area (Å²) in [5.74, 6) is -12.8. The summed E-state index contributed by atoms with van der Waals surface area (Å²) < 4.78 is 0. The number of aromatic amines is 1. The summed E-state index contributed by atoms with van der Waals surface area (Å²) in [6.07, 6.45) is 4.07. The summed E-state index contributed by atoms with van der Waals surface area (Å²) in [7, 11) is 0. The molecular weight excluding hydrogens is 1390 g/mol. The van der Waals surface area contributed by atoms with E-state index in [9.17, 15) is 72.2 Å². The van der Waals surface area contributed by atoms with Crippen molar-refractivity contribution in [3.8, 4) is 0 Å². The van der Waals surface area contributed by atoms with Crippen molar-refractivity contribution >= 4 is 101 Å². The number of aliphatic carboxylic acids is 2. The zero-order chi connectivity index (χ0) is 79.2. The van der Waals surface area contributed by atoms with Gasteiger partial charge in [0, 0.05) is 44.1 Å². The zero-order valence-corrected chi connectivity index (χ0v) is 62.9. The van der Waals surface area contributed by atoms with E-state index in [4.69, 9.17) is 22.3 Å². The van der Waals surface area contributed by atoms with E-state index in [1.54, 1.807) is 94.6 Å². The number of carbonyl (C=O) groups is 14. The molecule has 0 saturated heterocycles. The molecule has 21 N–H and O–H groups in total. The summed E-state index contributed by atoms with van der Waals surface area (Å²) in [6, 6.07) is 2.79. The van der Waals surface area contributed by atoms with Gasteiger partial charge in [-0.2, -0.15) is 11.8 Å². The molecule has 2 aromatic carbocycles. The number of imidazole rings is 1. The van der Waals surface area contributed by atoms with Gasteiger partial charge in [-0.3, -0.25) is 67.3 Å². The second-order valence-corrected chi connectivity index (χ2v) is 28.6. The number of carbonyl (C=O) groups excluding carboxylic acids is 12. The minimum Gasteiger partial charge on any atom is -0.481 e. The number of hydrogen-bond donors (Lipinski definition) is 18. The lowest BCUT2D eigenvalue weighted by molar-refractivity contribution is -0.142. The van der Waals surface area contributed by atoms with Gasteiger partial charge in [-0.15, -0.1) is 0 Å². The average molecular weight is 1500 g/mol. The molecule has 0 radical (unpaired) electrons. The van der Waals surface area contributed by atoms with Crippen LogP contribution in [0.4, 0.5) is 0 Å². The topological polar surface area (TPSA) is 543 Å². The van der Waals surface area contributed by atoms with Crippen LogP contribution >= 0.6 is 11.8 Å². The minimum absolute atomic E-state index is 0.0376. The lowest BCUT2D eigenvalue weighted by atomic mass is 9.97. The third kappa shape index (κ3) is 35.5. The van der Waals surface area contributed by atoms with Crippen LogP contribution < -0.4 is 81.0 Å². The molecule has 0 aliphatic heterocycles. The molecule has 1 aromatic heterocycles. The molecule has 3 aromatic rings. The van der Waals surface area contributed by atoms with Gasteiger partial charge >= 0.3 is 11.9 Å². The van der Waals surface area contributed by atoms with E-state index in [1.807, 2.05) is 27.7 Å². The van der Waals surface area contributed by atoms with E-state index >= 15 is 0 Å². The van der Waals surface area contributed by atoms with Crippen LogP contribution in [0.2, 0.25) is 0 Å². The van der Waals surface area contributed by atoms with Crippen molar-refractivity contribution in [3.63, 3.8) is 0 Å². The number of benzene rings is 2. The molecule has 3 rings (SSSR count). The van der Waals surface area contributed by atoms with Crippen molar-refractivity contribution in [1.82, 2.24) is 73.8 Å². The first-order chi connectivity index (χ1) is 50.0. The van der Waals surface area contributed by atoms with Crippen LogP contribution in [0.15, 0.2) is 78.2 Å². The highest BCUT2D eigenvalue weighted by atomic mass is 32.2. The number of nitrogens with two attached hydrogens (primary N) is 3. The number of nitrogens with one attached hydrogen (secondary N) is 13. The first kappa shape index (κ1) is 90.0. The van der Waals surface area contributed by atoms with E-state index in [0.29, 0.717) is 22.6 Å². The normalized spacial score (nSPS) is 14.3. The molecular formula is C71H110N18O16S. The Hall–Kier alpha value is -10.2. The molecule has 11 atom stereocenters. The van der Waals surface area contributed by atoms with Gasteiger partial charge in [-0.25, -0.2) is 9.78 Å². The molecule has 106 heavy (non-hydrogen) atoms. The summed E-state index contributed by atoms with van der Waals surface area (Å²) in [6.45, 7) is 14.5. The summed E-state index contributed by atoms with van der Waals surface area (Å²) >= 11 is 1.39. The summed E-state index contributed by atoms with van der Waals surface area (Å²) in [5, 5.41) is 50.2. The fourth-order valence-corrected chi connectivity index (χ4v) is 11.3. The van der Waals surface area contributed by atoms with E-state index in [-0.39, 0.29) is 107 Å². The first-order valence-electron chi connectivity index (χ1n) is 35.4. The quantitative estimate of drug-likeness (QED) is 0.0179. The van der Waals surface area contributed by atoms with Gasteiger partial charge in [0.05, 0.1) is 25.5 Å². The van der Waals surface area contributed by atoms with Crippen molar-refractivity contribution in [3.05, 3.63) is 90.0 Å². The number of thioether (sulfide) groups is 1. The first-order valence-corrected chi connectivity index (χ1v) is 36.8. The molecule has 12 amide bonds. The van der Waals surface area contributed by atoms with Gasteiger partial charge < -0.3 is 96.2 Å². The third-order valence-electron chi connectivity index (χ3n) is 16.2. The molecule has 0 aliphatic carbocycles. The van der Waals surface area contributed by atoms with E-state index < -0.39 is 169 Å². The van der Waals surface area contributed by atoms with Gasteiger partial charge in [0.25, 0.3) is 0 Å². The fourth-order valence-electron chi connectivity index (χ4n) is 10.8. The number of guanidine groups is 1. The number of nitrogens with zero attached hydrogens (tertiary/aromatic N) is 2. The second kappa shape index (κ2) is 47.3. The zero-order valence-electron chi connectivity index (χ0n) is 62.0. The maximum absolute atomic E-state index is 14.6. The second-order valence-electron chi connectivity index (χ2n) is 27.6. The molecule has 35 heteroatoms. The van der Waals surface area contributed by atoms with Crippen molar-refractivity contribution in [2.75, 3.05) is 31.6 Å². The van der Waals surface area contributed by atoms with Crippen molar-refractivity contribution in [2.45, 2.75) is 206 Å². The number of carboxylic acids is 2. The molecule has 586 valence electrons. The van der Waals surface area contributed by atoms with Crippen LogP contribution in [0.3, 0.4) is 0 Å². The van der Waals surface area contributed by atoms with Crippen LogP contribution in [-0.2, 0) is 86.4 Å². The number of aromatic nitrogens is 2. The number of aliphatic imine (C=N–C) groups is 1. The molecule has 0 aliphatic rings. The highest BCUT2D eigenvalue weighted by Crippen LogP contribution is 2.16. The monoisotopic (exact) mass is 1500 g/mol. The van der Waals surface area contributed by atoms with Crippen molar-refractivity contribution < 1.29 is 77.3 Å². The number of amides is 12. The van der Waals surface area contributed by atoms with Gasteiger partial charge in [0.1, 0.15) is 60.4 Å². The molecule has 0 fully saturated rings. The highest BCUT2D eigenvalue weighted by Gasteiger charge is 2.37. The van der Waals surface area contributed by atoms with Crippen LogP contribution in [0.5, 0.6) is 0 Å². The van der Waals surface area contributed by atoms with Crippen molar-refractivity contribution in [1.29, 1.82) is 0 Å². The number of carboxylic acid groups (broad SMARTS) is 2. The Balaban J connectivity index is 1.83. The fraction of sp³-hybridized carbons (Fsp3) is 0.577. The Labute approximate surface area is 622 Å².